The number of aliphatic hydroxyl groups excluding tert-OH is 2. The van der Waals surface area contributed by atoms with Crippen molar-refractivity contribution in [1.29, 1.82) is 0 Å². The molecule has 0 bridgehead atoms. The van der Waals surface area contributed by atoms with Crippen LogP contribution in [0.5, 0.6) is 11.5 Å². The van der Waals surface area contributed by atoms with Crippen LogP contribution in [0, 0.1) is 0 Å². The van der Waals surface area contributed by atoms with E-state index in [1.54, 1.807) is 24.3 Å². The minimum Gasteiger partial charge on any atom is -0.490 e. The molecule has 2 aromatic heterocycles. The predicted octanol–water partition coefficient (Wildman–Crippen LogP) is 7.93. The van der Waals surface area contributed by atoms with Crippen molar-refractivity contribution >= 4 is 45.3 Å². The van der Waals surface area contributed by atoms with E-state index in [4.69, 9.17) is 19.7 Å². The number of aliphatic hydroxyl groups is 2. The van der Waals surface area contributed by atoms with Gasteiger partial charge in [-0.3, -0.25) is 9.59 Å². The SMILES string of the molecule is CC(C)(C)NCC(O)COc1ccccc1C(=O)CCc1cccc2[nH]ccc12.CC(C)(C)NCC(O)COc1ccccc1C(=O)CCc1cccc2[nH]ccc12.O=C(O)/C=C/C(=O)O. The van der Waals surface area contributed by atoms with Gasteiger partial charge in [0.25, 0.3) is 0 Å². The number of ether oxygens (including phenoxy) is 2. The lowest BCUT2D eigenvalue weighted by Gasteiger charge is -2.23. The fourth-order valence-electron chi connectivity index (χ4n) is 6.63. The van der Waals surface area contributed by atoms with E-state index < -0.39 is 24.1 Å². The zero-order valence-corrected chi connectivity index (χ0v) is 38.6. The van der Waals surface area contributed by atoms with Crippen LogP contribution in [0.1, 0.15) is 86.2 Å². The number of para-hydroxylation sites is 2. The van der Waals surface area contributed by atoms with Crippen LogP contribution < -0.4 is 20.1 Å². The number of carboxylic acids is 2. The summed E-state index contributed by atoms with van der Waals surface area (Å²) in [5.41, 5.74) is 5.44. The highest BCUT2D eigenvalue weighted by Gasteiger charge is 2.18. The summed E-state index contributed by atoms with van der Waals surface area (Å²) >= 11 is 0. The molecule has 14 heteroatoms. The van der Waals surface area contributed by atoms with Crippen molar-refractivity contribution in [2.45, 2.75) is 90.5 Å². The molecule has 14 nitrogen and oxygen atoms in total. The van der Waals surface area contributed by atoms with Crippen molar-refractivity contribution in [3.63, 3.8) is 0 Å². The van der Waals surface area contributed by atoms with Crippen molar-refractivity contribution in [2.24, 2.45) is 0 Å². The van der Waals surface area contributed by atoms with Crippen LogP contribution in [-0.4, -0.2) is 103 Å². The monoisotopic (exact) mass is 904 g/mol. The Balaban J connectivity index is 0.000000248. The molecule has 2 unspecified atom stereocenters. The number of Topliss-reactive ketones (excluding diaryl/α,β-unsaturated/α-hetero) is 2. The van der Waals surface area contributed by atoms with Gasteiger partial charge in [0.15, 0.2) is 11.6 Å². The largest absolute Gasteiger partial charge is 0.490 e. The number of aryl methyl sites for hydroxylation is 2. The van der Waals surface area contributed by atoms with Crippen LogP contribution in [0.15, 0.2) is 122 Å². The van der Waals surface area contributed by atoms with Gasteiger partial charge in [-0.15, -0.1) is 0 Å². The van der Waals surface area contributed by atoms with Gasteiger partial charge in [-0.05, 0) is 114 Å². The summed E-state index contributed by atoms with van der Waals surface area (Å²) in [6.45, 7) is 13.4. The molecule has 0 amide bonds. The summed E-state index contributed by atoms with van der Waals surface area (Å²) in [6.07, 6.45) is 5.79. The van der Waals surface area contributed by atoms with E-state index in [9.17, 15) is 29.4 Å². The molecule has 352 valence electrons. The molecule has 0 radical (unpaired) electrons. The Morgan fingerprint density at radius 2 is 0.939 bits per heavy atom. The summed E-state index contributed by atoms with van der Waals surface area (Å²) in [7, 11) is 0. The quantitative estimate of drug-likeness (QED) is 0.0270. The third kappa shape index (κ3) is 18.1. The summed E-state index contributed by atoms with van der Waals surface area (Å²) in [6, 6.07) is 30.8. The summed E-state index contributed by atoms with van der Waals surface area (Å²) < 4.78 is 11.6. The minimum absolute atomic E-state index is 0.0374. The fraction of sp³-hybridized carbons (Fsp3) is 0.346. The molecule has 8 N–H and O–H groups in total. The Kier molecular flexibility index (Phi) is 19.9. The molecule has 66 heavy (non-hydrogen) atoms. The number of benzene rings is 4. The lowest BCUT2D eigenvalue weighted by atomic mass is 10.00. The molecule has 6 rings (SSSR count). The molecule has 0 saturated heterocycles. The molecular formula is C52H64N4O10. The van der Waals surface area contributed by atoms with Crippen molar-refractivity contribution in [1.82, 2.24) is 20.6 Å². The lowest BCUT2D eigenvalue weighted by molar-refractivity contribution is -0.134. The lowest BCUT2D eigenvalue weighted by Crippen LogP contribution is -2.42. The predicted molar refractivity (Wildman–Crippen MR) is 258 cm³/mol. The second kappa shape index (κ2) is 25.2. The van der Waals surface area contributed by atoms with Crippen LogP contribution in [0.2, 0.25) is 0 Å². The number of carbonyl (C=O) groups is 4. The van der Waals surface area contributed by atoms with E-state index in [2.05, 4.69) is 32.7 Å². The molecule has 0 aliphatic heterocycles. The van der Waals surface area contributed by atoms with E-state index in [0.717, 1.165) is 32.9 Å². The van der Waals surface area contributed by atoms with Crippen molar-refractivity contribution < 1.29 is 49.1 Å². The molecule has 4 aromatic carbocycles. The van der Waals surface area contributed by atoms with Gasteiger partial charge >= 0.3 is 11.9 Å². The second-order valence-corrected chi connectivity index (χ2v) is 17.8. The van der Waals surface area contributed by atoms with E-state index in [1.807, 2.05) is 115 Å². The number of nitrogens with one attached hydrogen (secondary N) is 4. The highest BCUT2D eigenvalue weighted by Crippen LogP contribution is 2.25. The molecule has 0 saturated carbocycles. The molecule has 6 aromatic rings. The first-order chi connectivity index (χ1) is 31.3. The van der Waals surface area contributed by atoms with Gasteiger partial charge < -0.3 is 50.5 Å². The first-order valence-corrected chi connectivity index (χ1v) is 21.9. The van der Waals surface area contributed by atoms with Crippen LogP contribution in [0.4, 0.5) is 0 Å². The van der Waals surface area contributed by atoms with E-state index in [1.165, 1.54) is 0 Å². The summed E-state index contributed by atoms with van der Waals surface area (Å²) in [4.78, 5) is 51.2. The Bertz CT molecular complexity index is 2350. The van der Waals surface area contributed by atoms with Gasteiger partial charge in [0.1, 0.15) is 36.9 Å². The number of hydrogen-bond acceptors (Lipinski definition) is 10. The van der Waals surface area contributed by atoms with Gasteiger partial charge in [0, 0.05) is 83.4 Å². The first-order valence-electron chi connectivity index (χ1n) is 21.9. The van der Waals surface area contributed by atoms with Gasteiger partial charge in [-0.2, -0.15) is 0 Å². The number of aromatic amines is 2. The number of carboxylic acid groups (broad SMARTS) is 2. The Morgan fingerprint density at radius 3 is 1.30 bits per heavy atom. The van der Waals surface area contributed by atoms with Gasteiger partial charge in [0.05, 0.1) is 11.1 Å². The molecular weight excluding hydrogens is 841 g/mol. The average molecular weight is 905 g/mol. The fourth-order valence-corrected chi connectivity index (χ4v) is 6.63. The molecule has 0 spiro atoms. The number of ketones is 2. The number of H-pyrrole nitrogens is 2. The molecule has 2 heterocycles. The highest BCUT2D eigenvalue weighted by atomic mass is 16.5. The average Bonchev–Trinajstić information content (AvgIpc) is 3.98. The molecule has 0 aliphatic rings. The highest BCUT2D eigenvalue weighted by molar-refractivity contribution is 6.00. The Hall–Kier alpha value is -6.58. The topological polar surface area (TPSA) is 223 Å². The smallest absolute Gasteiger partial charge is 0.328 e. The number of β-amino-alcohol motifs (C(OH)–C–C–N with tert-alkyl or cyclic N) is 2. The molecule has 0 aliphatic carbocycles. The maximum Gasteiger partial charge on any atom is 0.328 e. The van der Waals surface area contributed by atoms with E-state index in [-0.39, 0.29) is 35.9 Å². The first kappa shape index (κ1) is 52.0. The number of carbonyl (C=O) groups excluding carboxylic acids is 2. The van der Waals surface area contributed by atoms with Gasteiger partial charge in [-0.1, -0.05) is 48.5 Å². The maximum atomic E-state index is 12.9. The minimum atomic E-state index is -1.26. The normalized spacial score (nSPS) is 12.4. The number of fused-ring (bicyclic) bond motifs is 2. The van der Waals surface area contributed by atoms with Crippen LogP contribution in [0.25, 0.3) is 21.8 Å². The maximum absolute atomic E-state index is 12.9. The van der Waals surface area contributed by atoms with Crippen molar-refractivity contribution in [3.05, 3.63) is 144 Å². The van der Waals surface area contributed by atoms with Crippen molar-refractivity contribution in [3.8, 4) is 11.5 Å². The number of aliphatic carboxylic acids is 2. The number of hydrogen-bond donors (Lipinski definition) is 8. The second-order valence-electron chi connectivity index (χ2n) is 17.8. The Morgan fingerprint density at radius 1 is 0.561 bits per heavy atom. The standard InChI is InChI=1S/2C24H30N2O3.C4H4O4/c2*1-24(2,3)26-15-18(27)16-29-23-10-5-4-8-20(23)22(28)12-11-17-7-6-9-21-19(17)13-14-25-21;5-3(6)1-2-4(7)8/h2*4-10,13-14,18,25-27H,11-12,15-16H2,1-3H3;1-2H,(H,5,6)(H,7,8)/b;;2-1+. The Labute approximate surface area is 386 Å². The third-order valence-electron chi connectivity index (χ3n) is 9.96. The number of rotatable bonds is 20. The third-order valence-corrected chi connectivity index (χ3v) is 9.96. The van der Waals surface area contributed by atoms with Crippen LogP contribution in [-0.2, 0) is 22.4 Å². The van der Waals surface area contributed by atoms with Crippen molar-refractivity contribution in [2.75, 3.05) is 26.3 Å². The van der Waals surface area contributed by atoms with E-state index in [0.29, 0.717) is 73.6 Å². The van der Waals surface area contributed by atoms with Gasteiger partial charge in [-0.25, -0.2) is 9.59 Å². The molecule has 2 atom stereocenters. The zero-order valence-electron chi connectivity index (χ0n) is 38.6. The molecule has 0 fully saturated rings. The van der Waals surface area contributed by atoms with E-state index >= 15 is 0 Å². The van der Waals surface area contributed by atoms with Crippen LogP contribution in [0.3, 0.4) is 0 Å². The zero-order chi connectivity index (χ0) is 48.3. The summed E-state index contributed by atoms with van der Waals surface area (Å²) in [5, 5.41) is 44.7. The summed E-state index contributed by atoms with van der Waals surface area (Å²) in [5.74, 6) is -1.40. The number of aromatic nitrogens is 2. The van der Waals surface area contributed by atoms with Crippen LogP contribution >= 0.6 is 0 Å². The van der Waals surface area contributed by atoms with Gasteiger partial charge in [0.2, 0.25) is 0 Å².